The van der Waals surface area contributed by atoms with Crippen molar-refractivity contribution < 1.29 is 9.59 Å². The van der Waals surface area contributed by atoms with E-state index in [1.54, 1.807) is 0 Å². The number of hydrogen-bond acceptors (Lipinski definition) is 3. The largest absolute Gasteiger partial charge is 0.348 e. The Morgan fingerprint density at radius 3 is 2.47 bits per heavy atom. The topological polar surface area (TPSA) is 76.0 Å². The molecule has 0 spiro atoms. The van der Waals surface area contributed by atoms with Gasteiger partial charge >= 0.3 is 0 Å². The lowest BCUT2D eigenvalue weighted by molar-refractivity contribution is -0.125. The van der Waals surface area contributed by atoms with Gasteiger partial charge in [0.05, 0.1) is 18.3 Å². The molecule has 1 heterocycles. The van der Waals surface area contributed by atoms with Crippen LogP contribution in [0.3, 0.4) is 0 Å². The van der Waals surface area contributed by atoms with E-state index in [0.29, 0.717) is 0 Å². The molecule has 2 amide bonds. The van der Waals surface area contributed by atoms with Crippen LogP contribution in [0.4, 0.5) is 0 Å². The molecule has 0 fully saturated rings. The molecule has 1 aromatic heterocycles. The normalized spacial score (nSPS) is 12.1. The highest BCUT2D eigenvalue weighted by atomic mass is 16.2. The van der Waals surface area contributed by atoms with E-state index in [4.69, 9.17) is 0 Å². The van der Waals surface area contributed by atoms with Gasteiger partial charge in [-0.15, -0.1) is 0 Å². The van der Waals surface area contributed by atoms with Crippen molar-refractivity contribution in [2.75, 3.05) is 6.54 Å². The van der Waals surface area contributed by atoms with E-state index in [9.17, 15) is 9.59 Å². The Hall–Kier alpha value is -1.85. The molecule has 0 aliphatic rings. The Labute approximate surface area is 113 Å². The second-order valence-corrected chi connectivity index (χ2v) is 4.60. The van der Waals surface area contributed by atoms with Gasteiger partial charge in [0, 0.05) is 24.7 Å². The summed E-state index contributed by atoms with van der Waals surface area (Å²) in [5, 5.41) is 9.77. The van der Waals surface area contributed by atoms with Crippen LogP contribution in [0.15, 0.2) is 0 Å². The van der Waals surface area contributed by atoms with Crippen LogP contribution in [0.2, 0.25) is 0 Å². The molecule has 106 valence electrons. The van der Waals surface area contributed by atoms with Crippen molar-refractivity contribution in [1.82, 2.24) is 20.4 Å². The molecular weight excluding hydrogens is 244 g/mol. The van der Waals surface area contributed by atoms with Crippen molar-refractivity contribution in [2.45, 2.75) is 47.2 Å². The summed E-state index contributed by atoms with van der Waals surface area (Å²) in [7, 11) is 0. The minimum absolute atomic E-state index is 0.000314. The summed E-state index contributed by atoms with van der Waals surface area (Å²) in [5.74, 6) is -0.417. The lowest BCUT2D eigenvalue weighted by atomic mass is 10.1. The third-order valence-corrected chi connectivity index (χ3v) is 3.05. The summed E-state index contributed by atoms with van der Waals surface area (Å²) in [5.41, 5.74) is 3.03. The molecule has 2 N–H and O–H groups in total. The van der Waals surface area contributed by atoms with Crippen LogP contribution >= 0.6 is 0 Å². The average Bonchev–Trinajstić information content (AvgIpc) is 2.61. The Bertz CT molecular complexity index is 479. The standard InChI is InChI=1S/C13H22N4O2/c1-6-17-10(4)13(9(3)16-17)8(2)15-12(19)7-14-11(5)18/h8H,6-7H2,1-5H3,(H,14,18)(H,15,19)/t8-/m0/s1. The fourth-order valence-electron chi connectivity index (χ4n) is 2.21. The summed E-state index contributed by atoms with van der Waals surface area (Å²) in [6, 6.07) is -0.124. The maximum absolute atomic E-state index is 11.7. The average molecular weight is 266 g/mol. The third-order valence-electron chi connectivity index (χ3n) is 3.05. The highest BCUT2D eigenvalue weighted by Crippen LogP contribution is 2.21. The first-order valence-electron chi connectivity index (χ1n) is 6.44. The van der Waals surface area contributed by atoms with Gasteiger partial charge in [-0.2, -0.15) is 5.10 Å². The van der Waals surface area contributed by atoms with Gasteiger partial charge in [-0.1, -0.05) is 0 Å². The number of hydrogen-bond donors (Lipinski definition) is 2. The molecular formula is C13H22N4O2. The minimum atomic E-state index is -0.214. The fourth-order valence-corrected chi connectivity index (χ4v) is 2.21. The molecule has 0 radical (unpaired) electrons. The molecule has 19 heavy (non-hydrogen) atoms. The quantitative estimate of drug-likeness (QED) is 0.829. The number of amides is 2. The highest BCUT2D eigenvalue weighted by Gasteiger charge is 2.18. The molecule has 1 aromatic rings. The van der Waals surface area contributed by atoms with Crippen LogP contribution in [-0.4, -0.2) is 28.1 Å². The Kier molecular flexibility index (Phi) is 5.09. The Morgan fingerprint density at radius 1 is 1.37 bits per heavy atom. The lowest BCUT2D eigenvalue weighted by Crippen LogP contribution is -2.37. The molecule has 0 aromatic carbocycles. The number of rotatable bonds is 5. The van der Waals surface area contributed by atoms with Crippen LogP contribution < -0.4 is 10.6 Å². The van der Waals surface area contributed by atoms with Crippen LogP contribution in [0.1, 0.15) is 43.8 Å². The summed E-state index contributed by atoms with van der Waals surface area (Å²) in [6.07, 6.45) is 0. The number of aryl methyl sites for hydroxylation is 2. The minimum Gasteiger partial charge on any atom is -0.348 e. The summed E-state index contributed by atoms with van der Waals surface area (Å²) < 4.78 is 1.92. The zero-order valence-electron chi connectivity index (χ0n) is 12.2. The molecule has 0 saturated heterocycles. The first-order chi connectivity index (χ1) is 8.86. The third kappa shape index (κ3) is 3.81. The second-order valence-electron chi connectivity index (χ2n) is 4.60. The van der Waals surface area contributed by atoms with Gasteiger partial charge in [0.25, 0.3) is 0 Å². The maximum Gasteiger partial charge on any atom is 0.239 e. The van der Waals surface area contributed by atoms with Crippen molar-refractivity contribution in [3.8, 4) is 0 Å². The second kappa shape index (κ2) is 6.36. The summed E-state index contributed by atoms with van der Waals surface area (Å²) in [6.45, 7) is 10.1. The number of nitrogens with one attached hydrogen (secondary N) is 2. The van der Waals surface area contributed by atoms with Gasteiger partial charge in [-0.25, -0.2) is 0 Å². The zero-order chi connectivity index (χ0) is 14.6. The molecule has 1 atom stereocenters. The van der Waals surface area contributed by atoms with E-state index in [2.05, 4.69) is 15.7 Å². The van der Waals surface area contributed by atoms with Crippen molar-refractivity contribution in [2.24, 2.45) is 0 Å². The van der Waals surface area contributed by atoms with E-state index >= 15 is 0 Å². The first kappa shape index (κ1) is 15.2. The van der Waals surface area contributed by atoms with E-state index in [1.807, 2.05) is 32.4 Å². The van der Waals surface area contributed by atoms with E-state index < -0.39 is 0 Å². The van der Waals surface area contributed by atoms with Crippen LogP contribution in [0.25, 0.3) is 0 Å². The highest BCUT2D eigenvalue weighted by molar-refractivity contribution is 5.83. The van der Waals surface area contributed by atoms with Gasteiger partial charge in [-0.05, 0) is 27.7 Å². The van der Waals surface area contributed by atoms with E-state index in [1.165, 1.54) is 6.92 Å². The summed E-state index contributed by atoms with van der Waals surface area (Å²) in [4.78, 5) is 22.4. The molecule has 0 aliphatic carbocycles. The number of nitrogens with zero attached hydrogens (tertiary/aromatic N) is 2. The van der Waals surface area contributed by atoms with Gasteiger partial charge in [0.2, 0.25) is 11.8 Å². The van der Waals surface area contributed by atoms with Crippen LogP contribution in [0, 0.1) is 13.8 Å². The van der Waals surface area contributed by atoms with Crippen molar-refractivity contribution in [3.05, 3.63) is 17.0 Å². The predicted molar refractivity (Wildman–Crippen MR) is 72.6 cm³/mol. The van der Waals surface area contributed by atoms with Crippen LogP contribution in [0.5, 0.6) is 0 Å². The monoisotopic (exact) mass is 266 g/mol. The fraction of sp³-hybridized carbons (Fsp3) is 0.615. The van der Waals surface area contributed by atoms with E-state index in [-0.39, 0.29) is 24.4 Å². The Balaban J connectivity index is 2.73. The Morgan fingerprint density at radius 2 is 2.00 bits per heavy atom. The molecule has 6 nitrogen and oxygen atoms in total. The molecule has 0 aliphatic heterocycles. The van der Waals surface area contributed by atoms with Gasteiger partial charge in [-0.3, -0.25) is 14.3 Å². The van der Waals surface area contributed by atoms with Crippen molar-refractivity contribution >= 4 is 11.8 Å². The summed E-state index contributed by atoms with van der Waals surface area (Å²) >= 11 is 0. The molecule has 0 bridgehead atoms. The molecule has 6 heteroatoms. The van der Waals surface area contributed by atoms with Gasteiger partial charge in [0.1, 0.15) is 0 Å². The predicted octanol–water partition coefficient (Wildman–Crippen LogP) is 0.833. The number of carbonyl (C=O) groups excluding carboxylic acids is 2. The zero-order valence-corrected chi connectivity index (χ0v) is 12.2. The lowest BCUT2D eigenvalue weighted by Gasteiger charge is -2.15. The maximum atomic E-state index is 11.7. The van der Waals surface area contributed by atoms with E-state index in [0.717, 1.165) is 23.5 Å². The van der Waals surface area contributed by atoms with Crippen LogP contribution in [-0.2, 0) is 16.1 Å². The van der Waals surface area contributed by atoms with Crippen molar-refractivity contribution in [1.29, 1.82) is 0 Å². The first-order valence-corrected chi connectivity index (χ1v) is 6.44. The number of carbonyl (C=O) groups is 2. The van der Waals surface area contributed by atoms with Crippen molar-refractivity contribution in [3.63, 3.8) is 0 Å². The van der Waals surface area contributed by atoms with Gasteiger partial charge in [0.15, 0.2) is 0 Å². The number of aromatic nitrogens is 2. The molecule has 0 saturated carbocycles. The molecule has 0 unspecified atom stereocenters. The smallest absolute Gasteiger partial charge is 0.239 e. The molecule has 1 rings (SSSR count). The SMILES string of the molecule is CCn1nc(C)c([C@H](C)NC(=O)CNC(C)=O)c1C. The van der Waals surface area contributed by atoms with Gasteiger partial charge < -0.3 is 10.6 Å².